The summed E-state index contributed by atoms with van der Waals surface area (Å²) in [5.74, 6) is 0. The first-order valence-corrected chi connectivity index (χ1v) is 16.9. The lowest BCUT2D eigenvalue weighted by molar-refractivity contribution is 1.32. The Morgan fingerprint density at radius 1 is 0.480 bits per heavy atom. The van der Waals surface area contributed by atoms with E-state index in [1.54, 1.807) is 0 Å². The molecule has 242 valence electrons. The lowest BCUT2D eigenvalue weighted by atomic mass is 9.90. The highest BCUT2D eigenvalue weighted by molar-refractivity contribution is 5.94. The van der Waals surface area contributed by atoms with Crippen molar-refractivity contribution in [3.05, 3.63) is 229 Å². The highest BCUT2D eigenvalue weighted by Gasteiger charge is 2.12. The maximum Gasteiger partial charge on any atom is 0.0708 e. The minimum atomic E-state index is 0.896. The third kappa shape index (κ3) is 8.39. The van der Waals surface area contributed by atoms with Gasteiger partial charge in [-0.1, -0.05) is 153 Å². The van der Waals surface area contributed by atoms with Crippen LogP contribution in [0, 0.1) is 0 Å². The van der Waals surface area contributed by atoms with Gasteiger partial charge in [-0.15, -0.1) is 0 Å². The topological polar surface area (TPSA) is 12.9 Å². The minimum Gasteiger partial charge on any atom is -0.256 e. The average Bonchev–Trinajstić information content (AvgIpc) is 3.18. The van der Waals surface area contributed by atoms with E-state index in [2.05, 4.69) is 178 Å². The summed E-state index contributed by atoms with van der Waals surface area (Å²) in [4.78, 5) is 4.88. The number of hydrogen-bond donors (Lipinski definition) is 0. The summed E-state index contributed by atoms with van der Waals surface area (Å²) in [7, 11) is 0. The van der Waals surface area contributed by atoms with Crippen molar-refractivity contribution in [3.8, 4) is 22.4 Å². The van der Waals surface area contributed by atoms with Crippen LogP contribution in [0.4, 0.5) is 0 Å². The summed E-state index contributed by atoms with van der Waals surface area (Å²) in [6, 6.07) is 52.6. The Morgan fingerprint density at radius 2 is 1.02 bits per heavy atom. The molecule has 0 amide bonds. The monoisotopic (exact) mass is 643 g/mol. The van der Waals surface area contributed by atoms with Crippen molar-refractivity contribution in [1.29, 1.82) is 0 Å². The zero-order chi connectivity index (χ0) is 34.7. The first-order valence-electron chi connectivity index (χ1n) is 16.9. The normalized spacial score (nSPS) is 12.2. The summed E-state index contributed by atoms with van der Waals surface area (Å²) in [6.45, 7) is 13.3. The van der Waals surface area contributed by atoms with Gasteiger partial charge in [-0.3, -0.25) is 4.98 Å². The number of aromatic nitrogens is 1. The fourth-order valence-electron chi connectivity index (χ4n) is 5.98. The van der Waals surface area contributed by atoms with Gasteiger partial charge in [0.25, 0.3) is 0 Å². The molecular formula is C49H41N. The fourth-order valence-corrected chi connectivity index (χ4v) is 5.98. The Labute approximate surface area is 297 Å². The van der Waals surface area contributed by atoms with Crippen LogP contribution in [0.15, 0.2) is 201 Å². The van der Waals surface area contributed by atoms with Crippen molar-refractivity contribution in [2.24, 2.45) is 0 Å². The Balaban J connectivity index is 1.55. The number of hydrogen-bond acceptors (Lipinski definition) is 1. The Hall–Kier alpha value is -6.31. The molecule has 0 aliphatic rings. The van der Waals surface area contributed by atoms with Gasteiger partial charge in [0.1, 0.15) is 0 Å². The molecular weight excluding hydrogens is 603 g/mol. The Morgan fingerprint density at radius 3 is 1.66 bits per heavy atom. The average molecular weight is 644 g/mol. The molecule has 1 heteroatoms. The third-order valence-corrected chi connectivity index (χ3v) is 8.66. The van der Waals surface area contributed by atoms with Crippen LogP contribution in [-0.2, 0) is 0 Å². The van der Waals surface area contributed by atoms with Crippen molar-refractivity contribution >= 4 is 27.9 Å². The van der Waals surface area contributed by atoms with Crippen LogP contribution in [0.3, 0.4) is 0 Å². The van der Waals surface area contributed by atoms with Crippen LogP contribution in [0.2, 0.25) is 0 Å². The van der Waals surface area contributed by atoms with Crippen molar-refractivity contribution < 1.29 is 0 Å². The second-order valence-corrected chi connectivity index (χ2v) is 12.3. The van der Waals surface area contributed by atoms with Gasteiger partial charge in [0, 0.05) is 11.8 Å². The molecule has 0 fully saturated rings. The highest BCUT2D eigenvalue weighted by atomic mass is 14.7. The van der Waals surface area contributed by atoms with Gasteiger partial charge in [0.15, 0.2) is 0 Å². The molecule has 1 aromatic heterocycles. The van der Waals surface area contributed by atoms with Crippen molar-refractivity contribution in [2.45, 2.75) is 13.8 Å². The van der Waals surface area contributed by atoms with Gasteiger partial charge >= 0.3 is 0 Å². The van der Waals surface area contributed by atoms with Gasteiger partial charge in [0.2, 0.25) is 0 Å². The van der Waals surface area contributed by atoms with E-state index in [9.17, 15) is 0 Å². The van der Waals surface area contributed by atoms with Crippen LogP contribution in [0.1, 0.15) is 41.7 Å². The van der Waals surface area contributed by atoms with Gasteiger partial charge in [-0.2, -0.15) is 0 Å². The molecule has 0 aliphatic heterocycles. The highest BCUT2D eigenvalue weighted by Crippen LogP contribution is 2.34. The van der Waals surface area contributed by atoms with Gasteiger partial charge in [-0.05, 0) is 123 Å². The molecule has 0 saturated carbocycles. The molecule has 0 N–H and O–H groups in total. The SMILES string of the molecule is C=C(/C=C(\C=C(/C)c1ccccc1)c1cc(C(=C)/C=C(\C=C/C)c2ccccc2)cc(-c2cc(-c3ccccc3)ccn2)c1)c1ccccc1. The van der Waals surface area contributed by atoms with Crippen LogP contribution in [-0.4, -0.2) is 4.98 Å². The largest absolute Gasteiger partial charge is 0.256 e. The van der Waals surface area contributed by atoms with E-state index in [0.29, 0.717) is 0 Å². The van der Waals surface area contributed by atoms with Crippen LogP contribution >= 0.6 is 0 Å². The number of nitrogens with zero attached hydrogens (tertiary/aromatic N) is 1. The molecule has 1 heterocycles. The van der Waals surface area contributed by atoms with E-state index in [1.807, 2.05) is 37.4 Å². The molecule has 50 heavy (non-hydrogen) atoms. The van der Waals surface area contributed by atoms with Crippen molar-refractivity contribution in [2.75, 3.05) is 0 Å². The Kier molecular flexibility index (Phi) is 10.9. The fraction of sp³-hybridized carbons (Fsp3) is 0.0408. The quantitative estimate of drug-likeness (QED) is 0.128. The van der Waals surface area contributed by atoms with Gasteiger partial charge in [0.05, 0.1) is 5.69 Å². The predicted octanol–water partition coefficient (Wildman–Crippen LogP) is 13.3. The van der Waals surface area contributed by atoms with Crippen LogP contribution in [0.25, 0.3) is 50.2 Å². The lowest BCUT2D eigenvalue weighted by Gasteiger charge is -2.15. The molecule has 1 nitrogen and oxygen atoms in total. The number of rotatable bonds is 11. The lowest BCUT2D eigenvalue weighted by Crippen LogP contribution is -1.94. The summed E-state index contributed by atoms with van der Waals surface area (Å²) in [5, 5.41) is 0. The van der Waals surface area contributed by atoms with E-state index < -0.39 is 0 Å². The van der Waals surface area contributed by atoms with Crippen LogP contribution < -0.4 is 0 Å². The van der Waals surface area contributed by atoms with Gasteiger partial charge < -0.3 is 0 Å². The van der Waals surface area contributed by atoms with E-state index in [0.717, 1.165) is 72.5 Å². The molecule has 0 radical (unpaired) electrons. The third-order valence-electron chi connectivity index (χ3n) is 8.66. The summed E-state index contributed by atoms with van der Waals surface area (Å²) in [6.07, 6.45) is 12.7. The van der Waals surface area contributed by atoms with Gasteiger partial charge in [-0.25, -0.2) is 0 Å². The molecule has 0 aliphatic carbocycles. The van der Waals surface area contributed by atoms with Crippen molar-refractivity contribution in [3.63, 3.8) is 0 Å². The summed E-state index contributed by atoms with van der Waals surface area (Å²) in [5.41, 5.74) is 14.8. The minimum absolute atomic E-state index is 0.896. The molecule has 5 aromatic carbocycles. The van der Waals surface area contributed by atoms with E-state index in [4.69, 9.17) is 4.98 Å². The molecule has 0 saturated heterocycles. The number of benzene rings is 5. The molecule has 0 bridgehead atoms. The zero-order valence-corrected chi connectivity index (χ0v) is 28.8. The van der Waals surface area contributed by atoms with Crippen molar-refractivity contribution in [1.82, 2.24) is 4.98 Å². The van der Waals surface area contributed by atoms with E-state index >= 15 is 0 Å². The smallest absolute Gasteiger partial charge is 0.0708 e. The number of allylic oxidation sites excluding steroid dienone is 10. The Bertz CT molecular complexity index is 2220. The maximum atomic E-state index is 4.88. The molecule has 6 aromatic rings. The second-order valence-electron chi connectivity index (χ2n) is 12.3. The van der Waals surface area contributed by atoms with E-state index in [-0.39, 0.29) is 0 Å². The van der Waals surface area contributed by atoms with Crippen LogP contribution in [0.5, 0.6) is 0 Å². The molecule has 6 rings (SSSR count). The zero-order valence-electron chi connectivity index (χ0n) is 28.8. The molecule has 0 spiro atoms. The first-order chi connectivity index (χ1) is 24.5. The number of pyridine rings is 1. The second kappa shape index (κ2) is 16.2. The standard InChI is InChI=1S/C49H41N/c1-5-18-43(41-23-14-8-15-24-41)29-38(4)45-32-47(34-48(33-45)49-35-44(27-28-50-49)42-25-16-9-17-26-42)46(30-36(2)39-19-10-6-11-20-39)31-37(3)40-21-12-7-13-22-40/h5-35H,2,4H2,1,3H3/b18-5-,37-31+,43-29+,46-30+. The summed E-state index contributed by atoms with van der Waals surface area (Å²) >= 11 is 0. The predicted molar refractivity (Wildman–Crippen MR) is 217 cm³/mol. The summed E-state index contributed by atoms with van der Waals surface area (Å²) < 4.78 is 0. The molecule has 0 atom stereocenters. The molecule has 0 unspecified atom stereocenters. The van der Waals surface area contributed by atoms with E-state index in [1.165, 1.54) is 5.56 Å². The first kappa shape index (κ1) is 33.6. The maximum absolute atomic E-state index is 4.88.